The molecule has 0 radical (unpaired) electrons. The zero-order valence-corrected chi connectivity index (χ0v) is 17.6. The highest BCUT2D eigenvalue weighted by atomic mass is 19.1. The first-order valence-corrected chi connectivity index (χ1v) is 10.3. The van der Waals surface area contributed by atoms with Crippen LogP contribution in [0.1, 0.15) is 40.4 Å². The summed E-state index contributed by atoms with van der Waals surface area (Å²) in [5, 5.41) is 0. The SMILES string of the molecule is C=COC(=O)c1c(C(C=C)C=C)nc2c(c1-c1ccc(F)cc1)COC[C@H]1CCC(=O)N21. The van der Waals surface area contributed by atoms with Crippen molar-refractivity contribution in [2.45, 2.75) is 31.4 Å². The molecule has 3 heterocycles. The van der Waals surface area contributed by atoms with Gasteiger partial charge in [0.25, 0.3) is 0 Å². The number of amides is 1. The largest absolute Gasteiger partial charge is 0.431 e. The maximum Gasteiger partial charge on any atom is 0.345 e. The molecule has 0 unspecified atom stereocenters. The van der Waals surface area contributed by atoms with Gasteiger partial charge in [-0.1, -0.05) is 30.9 Å². The van der Waals surface area contributed by atoms with Gasteiger partial charge in [-0.25, -0.2) is 14.2 Å². The van der Waals surface area contributed by atoms with Gasteiger partial charge in [0.2, 0.25) is 5.91 Å². The molecule has 1 aromatic carbocycles. The van der Waals surface area contributed by atoms with Gasteiger partial charge in [-0.2, -0.15) is 0 Å². The lowest BCUT2D eigenvalue weighted by Gasteiger charge is -2.26. The van der Waals surface area contributed by atoms with Crippen LogP contribution < -0.4 is 4.90 Å². The van der Waals surface area contributed by atoms with Gasteiger partial charge in [0.1, 0.15) is 11.6 Å². The quantitative estimate of drug-likeness (QED) is 0.376. The predicted octanol–water partition coefficient (Wildman–Crippen LogP) is 4.67. The number of aromatic nitrogens is 1. The normalized spacial score (nSPS) is 17.4. The molecule has 1 fully saturated rings. The topological polar surface area (TPSA) is 68.7 Å². The number of esters is 1. The Labute approximate surface area is 185 Å². The number of anilines is 1. The molecule has 4 rings (SSSR count). The Morgan fingerprint density at radius 3 is 2.62 bits per heavy atom. The van der Waals surface area contributed by atoms with Crippen molar-refractivity contribution in [3.05, 3.63) is 85.1 Å². The number of nitrogens with zero attached hydrogens (tertiary/aromatic N) is 2. The number of rotatable bonds is 6. The Bertz CT molecular complexity index is 1100. The third kappa shape index (κ3) is 3.65. The van der Waals surface area contributed by atoms with E-state index in [4.69, 9.17) is 14.5 Å². The molecule has 1 amide bonds. The van der Waals surface area contributed by atoms with Gasteiger partial charge in [-0.05, 0) is 24.1 Å². The highest BCUT2D eigenvalue weighted by Crippen LogP contribution is 2.42. The summed E-state index contributed by atoms with van der Waals surface area (Å²) in [5.74, 6) is -1.20. The lowest BCUT2D eigenvalue weighted by atomic mass is 9.89. The van der Waals surface area contributed by atoms with Gasteiger partial charge < -0.3 is 9.47 Å². The number of halogens is 1. The van der Waals surface area contributed by atoms with Crippen LogP contribution in [0, 0.1) is 5.82 Å². The van der Waals surface area contributed by atoms with Crippen molar-refractivity contribution in [3.8, 4) is 11.1 Å². The maximum absolute atomic E-state index is 13.7. The molecule has 32 heavy (non-hydrogen) atoms. The number of hydrogen-bond acceptors (Lipinski definition) is 5. The van der Waals surface area contributed by atoms with E-state index in [1.807, 2.05) is 0 Å². The van der Waals surface area contributed by atoms with Crippen LogP contribution in [0.4, 0.5) is 10.2 Å². The number of fused-ring (bicyclic) bond motifs is 3. The van der Waals surface area contributed by atoms with Crippen molar-refractivity contribution >= 4 is 17.7 Å². The average Bonchev–Trinajstić information content (AvgIpc) is 3.04. The van der Waals surface area contributed by atoms with Gasteiger partial charge in [0.05, 0.1) is 36.8 Å². The molecule has 0 aliphatic carbocycles. The maximum atomic E-state index is 13.7. The minimum absolute atomic E-state index is 0.0552. The molecule has 0 bridgehead atoms. The fourth-order valence-corrected chi connectivity index (χ4v) is 4.29. The average molecular weight is 434 g/mol. The first-order valence-electron chi connectivity index (χ1n) is 10.3. The van der Waals surface area contributed by atoms with Gasteiger partial charge in [-0.3, -0.25) is 9.69 Å². The molecular formula is C25H23FN2O4. The number of hydrogen-bond donors (Lipinski definition) is 0. The Hall–Kier alpha value is -3.58. The summed E-state index contributed by atoms with van der Waals surface area (Å²) in [6.45, 7) is 11.7. The second-order valence-electron chi connectivity index (χ2n) is 7.60. The zero-order chi connectivity index (χ0) is 22.8. The fourth-order valence-electron chi connectivity index (χ4n) is 4.29. The Morgan fingerprint density at radius 2 is 1.97 bits per heavy atom. The standard InChI is InChI=1S/C25H23FN2O4/c1-4-15(5-2)23-22(25(30)32-6-3)21(16-7-9-17(26)10-8-16)19-14-31-13-18-11-12-20(29)28(18)24(19)27-23/h4-10,15,18H,1-3,11-14H2/t18-/m1/s1. The Balaban J connectivity index is 2.11. The summed E-state index contributed by atoms with van der Waals surface area (Å²) in [5.41, 5.74) is 2.14. The Morgan fingerprint density at radius 1 is 1.25 bits per heavy atom. The summed E-state index contributed by atoms with van der Waals surface area (Å²) >= 11 is 0. The van der Waals surface area contributed by atoms with E-state index in [0.717, 1.165) is 6.26 Å². The molecular weight excluding hydrogens is 411 g/mol. The van der Waals surface area contributed by atoms with Gasteiger partial charge in [0, 0.05) is 23.5 Å². The van der Waals surface area contributed by atoms with Crippen LogP contribution in [-0.2, 0) is 20.9 Å². The van der Waals surface area contributed by atoms with E-state index >= 15 is 0 Å². The minimum atomic E-state index is -0.674. The van der Waals surface area contributed by atoms with E-state index in [-0.39, 0.29) is 24.1 Å². The predicted molar refractivity (Wildman–Crippen MR) is 119 cm³/mol. The molecule has 0 saturated carbocycles. The van der Waals surface area contributed by atoms with Crippen LogP contribution >= 0.6 is 0 Å². The third-order valence-electron chi connectivity index (χ3n) is 5.77. The van der Waals surface area contributed by atoms with Crippen molar-refractivity contribution in [3.63, 3.8) is 0 Å². The third-order valence-corrected chi connectivity index (χ3v) is 5.77. The number of benzene rings is 1. The van der Waals surface area contributed by atoms with Crippen LogP contribution in [0.3, 0.4) is 0 Å². The van der Waals surface area contributed by atoms with Crippen molar-refractivity contribution in [1.82, 2.24) is 4.98 Å². The van der Waals surface area contributed by atoms with E-state index in [9.17, 15) is 14.0 Å². The van der Waals surface area contributed by atoms with Gasteiger partial charge in [0.15, 0.2) is 0 Å². The van der Waals surface area contributed by atoms with Gasteiger partial charge >= 0.3 is 5.97 Å². The molecule has 1 saturated heterocycles. The number of ether oxygens (including phenoxy) is 2. The molecule has 6 nitrogen and oxygen atoms in total. The van der Waals surface area contributed by atoms with E-state index in [1.165, 1.54) is 12.1 Å². The highest BCUT2D eigenvalue weighted by molar-refractivity contribution is 6.03. The second-order valence-corrected chi connectivity index (χ2v) is 7.60. The first-order chi connectivity index (χ1) is 15.5. The fraction of sp³-hybridized carbons (Fsp3) is 0.240. The minimum Gasteiger partial charge on any atom is -0.431 e. The smallest absolute Gasteiger partial charge is 0.345 e. The summed E-state index contributed by atoms with van der Waals surface area (Å²) in [4.78, 5) is 32.4. The van der Waals surface area contributed by atoms with Crippen LogP contribution in [-0.4, -0.2) is 29.5 Å². The monoisotopic (exact) mass is 434 g/mol. The summed E-state index contributed by atoms with van der Waals surface area (Å²) < 4.78 is 24.7. The van der Waals surface area contributed by atoms with Crippen molar-refractivity contribution in [2.24, 2.45) is 0 Å². The molecule has 2 aromatic rings. The van der Waals surface area contributed by atoms with Crippen molar-refractivity contribution < 1.29 is 23.5 Å². The molecule has 2 aliphatic heterocycles. The second kappa shape index (κ2) is 8.88. The van der Waals surface area contributed by atoms with Crippen molar-refractivity contribution in [1.29, 1.82) is 0 Å². The molecule has 7 heteroatoms. The molecule has 2 aliphatic rings. The Kier molecular flexibility index (Phi) is 6.01. The number of carbonyl (C=O) groups excluding carboxylic acids is 2. The van der Waals surface area contributed by atoms with Crippen molar-refractivity contribution in [2.75, 3.05) is 11.5 Å². The zero-order valence-electron chi connectivity index (χ0n) is 17.6. The number of pyridine rings is 1. The van der Waals surface area contributed by atoms with E-state index in [2.05, 4.69) is 19.7 Å². The van der Waals surface area contributed by atoms with E-state index in [1.54, 1.807) is 29.2 Å². The van der Waals surface area contributed by atoms with E-state index in [0.29, 0.717) is 47.7 Å². The molecule has 164 valence electrons. The molecule has 1 atom stereocenters. The van der Waals surface area contributed by atoms with Crippen LogP contribution in [0.25, 0.3) is 11.1 Å². The lowest BCUT2D eigenvalue weighted by molar-refractivity contribution is -0.117. The summed E-state index contributed by atoms with van der Waals surface area (Å²) in [6.07, 6.45) is 5.31. The highest BCUT2D eigenvalue weighted by Gasteiger charge is 2.39. The number of allylic oxidation sites excluding steroid dienone is 2. The van der Waals surface area contributed by atoms with Crippen LogP contribution in [0.5, 0.6) is 0 Å². The van der Waals surface area contributed by atoms with Gasteiger partial charge in [-0.15, -0.1) is 13.2 Å². The lowest BCUT2D eigenvalue weighted by Crippen LogP contribution is -2.36. The molecule has 0 spiro atoms. The molecule has 0 N–H and O–H groups in total. The summed E-state index contributed by atoms with van der Waals surface area (Å²) in [6, 6.07) is 5.63. The van der Waals surface area contributed by atoms with E-state index < -0.39 is 17.7 Å². The van der Waals surface area contributed by atoms with Crippen LogP contribution in [0.15, 0.2) is 62.4 Å². The summed E-state index contributed by atoms with van der Waals surface area (Å²) in [7, 11) is 0. The number of carbonyl (C=O) groups is 2. The first kappa shape index (κ1) is 21.6. The molecule has 1 aromatic heterocycles. The van der Waals surface area contributed by atoms with Crippen LogP contribution in [0.2, 0.25) is 0 Å².